The van der Waals surface area contributed by atoms with E-state index in [1.165, 1.54) is 24.8 Å². The van der Waals surface area contributed by atoms with Crippen molar-refractivity contribution < 1.29 is 9.47 Å². The van der Waals surface area contributed by atoms with Crippen LogP contribution in [0.5, 0.6) is 5.75 Å². The van der Waals surface area contributed by atoms with Crippen LogP contribution >= 0.6 is 0 Å². The molecule has 2 fully saturated rings. The van der Waals surface area contributed by atoms with Crippen LogP contribution in [0.1, 0.15) is 50.2 Å². The maximum absolute atomic E-state index is 6.08. The summed E-state index contributed by atoms with van der Waals surface area (Å²) < 4.78 is 11.8. The predicted molar refractivity (Wildman–Crippen MR) is 106 cm³/mol. The second-order valence-electron chi connectivity index (χ2n) is 7.52. The Morgan fingerprint density at radius 3 is 3.00 bits per heavy atom. The number of aryl methyl sites for hydroxylation is 1. The second kappa shape index (κ2) is 9.26. The zero-order valence-electron chi connectivity index (χ0n) is 16.4. The molecular weight excluding hydrogens is 326 g/mol. The molecule has 1 saturated carbocycles. The zero-order valence-corrected chi connectivity index (χ0v) is 16.4. The normalized spacial score (nSPS) is 25.2. The van der Waals surface area contributed by atoms with E-state index in [2.05, 4.69) is 47.7 Å². The van der Waals surface area contributed by atoms with Crippen LogP contribution in [0.4, 0.5) is 0 Å². The van der Waals surface area contributed by atoms with E-state index in [1.54, 1.807) is 0 Å². The van der Waals surface area contributed by atoms with E-state index < -0.39 is 0 Å². The fraction of sp³-hybridized carbons (Fsp3) is 0.667. The van der Waals surface area contributed by atoms with Gasteiger partial charge in [0.25, 0.3) is 0 Å². The molecule has 0 amide bonds. The third-order valence-electron chi connectivity index (χ3n) is 5.25. The molecule has 1 aliphatic carbocycles. The van der Waals surface area contributed by atoms with Crippen LogP contribution in [0.25, 0.3) is 0 Å². The van der Waals surface area contributed by atoms with Crippen LogP contribution < -0.4 is 15.4 Å². The molecule has 0 spiro atoms. The highest BCUT2D eigenvalue weighted by atomic mass is 16.5. The summed E-state index contributed by atoms with van der Waals surface area (Å²) in [4.78, 5) is 4.37. The van der Waals surface area contributed by atoms with Crippen molar-refractivity contribution >= 4 is 5.96 Å². The van der Waals surface area contributed by atoms with Gasteiger partial charge in [0.05, 0.1) is 6.10 Å². The molecule has 1 aromatic carbocycles. The van der Waals surface area contributed by atoms with Gasteiger partial charge in [0.1, 0.15) is 12.4 Å². The monoisotopic (exact) mass is 359 g/mol. The number of rotatable bonds is 8. The Labute approximate surface area is 157 Å². The molecule has 0 radical (unpaired) electrons. The standard InChI is InChI=1S/C21H33N3O2/c1-4-6-16-12-19(16)24-21(22-3)23-13-17-9-8-15(2)11-20(17)26-14-18-7-5-10-25-18/h8-9,11,16,18-19H,4-7,10,12-14H2,1-3H3,(H2,22,23,24). The van der Waals surface area contributed by atoms with Crippen molar-refractivity contribution in [1.29, 1.82) is 0 Å². The van der Waals surface area contributed by atoms with Crippen LogP contribution in [0.3, 0.4) is 0 Å². The van der Waals surface area contributed by atoms with Gasteiger partial charge in [-0.1, -0.05) is 25.5 Å². The van der Waals surface area contributed by atoms with Crippen molar-refractivity contribution in [3.8, 4) is 5.75 Å². The molecule has 5 nitrogen and oxygen atoms in total. The third kappa shape index (κ3) is 5.37. The third-order valence-corrected chi connectivity index (χ3v) is 5.25. The second-order valence-corrected chi connectivity index (χ2v) is 7.52. The van der Waals surface area contributed by atoms with Gasteiger partial charge in [-0.3, -0.25) is 4.99 Å². The zero-order chi connectivity index (χ0) is 18.4. The largest absolute Gasteiger partial charge is 0.491 e. The smallest absolute Gasteiger partial charge is 0.191 e. The molecule has 3 rings (SSSR count). The van der Waals surface area contributed by atoms with Gasteiger partial charge in [0.15, 0.2) is 5.96 Å². The van der Waals surface area contributed by atoms with Crippen molar-refractivity contribution in [3.05, 3.63) is 29.3 Å². The molecule has 26 heavy (non-hydrogen) atoms. The van der Waals surface area contributed by atoms with E-state index in [-0.39, 0.29) is 6.10 Å². The van der Waals surface area contributed by atoms with Crippen LogP contribution in [0, 0.1) is 12.8 Å². The molecule has 1 saturated heterocycles. The average molecular weight is 360 g/mol. The van der Waals surface area contributed by atoms with Gasteiger partial charge in [0, 0.05) is 31.8 Å². The highest BCUT2D eigenvalue weighted by Gasteiger charge is 2.36. The summed E-state index contributed by atoms with van der Waals surface area (Å²) in [6.07, 6.45) is 6.28. The lowest BCUT2D eigenvalue weighted by molar-refractivity contribution is 0.0676. The lowest BCUT2D eigenvalue weighted by Gasteiger charge is -2.17. The Morgan fingerprint density at radius 1 is 1.38 bits per heavy atom. The Kier molecular flexibility index (Phi) is 6.78. The summed E-state index contributed by atoms with van der Waals surface area (Å²) in [6.45, 7) is 6.53. The Morgan fingerprint density at radius 2 is 2.27 bits per heavy atom. The molecule has 2 N–H and O–H groups in total. The van der Waals surface area contributed by atoms with Crippen molar-refractivity contribution in [2.75, 3.05) is 20.3 Å². The highest BCUT2D eigenvalue weighted by Crippen LogP contribution is 2.34. The lowest BCUT2D eigenvalue weighted by Crippen LogP contribution is -2.38. The molecule has 2 aliphatic rings. The molecule has 0 aromatic heterocycles. The van der Waals surface area contributed by atoms with Crippen LogP contribution in [-0.2, 0) is 11.3 Å². The fourth-order valence-electron chi connectivity index (χ4n) is 3.56. The van der Waals surface area contributed by atoms with Crippen molar-refractivity contribution in [1.82, 2.24) is 10.6 Å². The van der Waals surface area contributed by atoms with E-state index >= 15 is 0 Å². The molecule has 1 aromatic rings. The number of benzene rings is 1. The van der Waals surface area contributed by atoms with Gasteiger partial charge >= 0.3 is 0 Å². The minimum absolute atomic E-state index is 0.233. The maximum Gasteiger partial charge on any atom is 0.191 e. The average Bonchev–Trinajstić information content (AvgIpc) is 3.15. The first kappa shape index (κ1) is 19.0. The molecule has 1 aliphatic heterocycles. The number of ether oxygens (including phenoxy) is 2. The Balaban J connectivity index is 1.52. The molecular formula is C21H33N3O2. The fourth-order valence-corrected chi connectivity index (χ4v) is 3.56. The van der Waals surface area contributed by atoms with Gasteiger partial charge in [-0.2, -0.15) is 0 Å². The summed E-state index contributed by atoms with van der Waals surface area (Å²) >= 11 is 0. The Bertz CT molecular complexity index is 611. The van der Waals surface area contributed by atoms with E-state index in [4.69, 9.17) is 9.47 Å². The van der Waals surface area contributed by atoms with Crippen molar-refractivity contribution in [2.45, 2.75) is 64.6 Å². The van der Waals surface area contributed by atoms with Crippen LogP contribution in [-0.4, -0.2) is 38.4 Å². The number of nitrogens with zero attached hydrogens (tertiary/aromatic N) is 1. The number of aliphatic imine (C=N–C) groups is 1. The SMILES string of the molecule is CCCC1CC1NC(=NC)NCc1ccc(C)cc1OCC1CCCO1. The topological polar surface area (TPSA) is 54.9 Å². The molecule has 5 heteroatoms. The van der Waals surface area contributed by atoms with Gasteiger partial charge in [0.2, 0.25) is 0 Å². The number of hydrogen-bond acceptors (Lipinski definition) is 3. The quantitative estimate of drug-likeness (QED) is 0.552. The van der Waals surface area contributed by atoms with E-state index in [0.29, 0.717) is 19.2 Å². The summed E-state index contributed by atoms with van der Waals surface area (Å²) in [6, 6.07) is 6.96. The lowest BCUT2D eigenvalue weighted by atomic mass is 10.1. The summed E-state index contributed by atoms with van der Waals surface area (Å²) in [7, 11) is 1.83. The number of nitrogens with one attached hydrogen (secondary N) is 2. The highest BCUT2D eigenvalue weighted by molar-refractivity contribution is 5.80. The van der Waals surface area contributed by atoms with Gasteiger partial charge in [-0.15, -0.1) is 0 Å². The first-order valence-electron chi connectivity index (χ1n) is 10.0. The number of guanidine groups is 1. The van der Waals surface area contributed by atoms with Crippen molar-refractivity contribution in [2.24, 2.45) is 10.9 Å². The van der Waals surface area contributed by atoms with Crippen LogP contribution in [0.15, 0.2) is 23.2 Å². The summed E-state index contributed by atoms with van der Waals surface area (Å²) in [5.41, 5.74) is 2.36. The summed E-state index contributed by atoms with van der Waals surface area (Å²) in [5.74, 6) is 2.63. The van der Waals surface area contributed by atoms with Gasteiger partial charge < -0.3 is 20.1 Å². The minimum Gasteiger partial charge on any atom is -0.491 e. The summed E-state index contributed by atoms with van der Waals surface area (Å²) in [5, 5.41) is 6.97. The Hall–Kier alpha value is -1.75. The van der Waals surface area contributed by atoms with E-state index in [1.807, 2.05) is 7.05 Å². The molecule has 3 atom stereocenters. The molecule has 3 unspecified atom stereocenters. The molecule has 1 heterocycles. The van der Waals surface area contributed by atoms with Crippen LogP contribution in [0.2, 0.25) is 0 Å². The van der Waals surface area contributed by atoms with E-state index in [9.17, 15) is 0 Å². The minimum atomic E-state index is 0.233. The van der Waals surface area contributed by atoms with Gasteiger partial charge in [-0.05, 0) is 50.2 Å². The maximum atomic E-state index is 6.08. The number of hydrogen-bond donors (Lipinski definition) is 2. The molecule has 144 valence electrons. The predicted octanol–water partition coefficient (Wildman–Crippen LogP) is 3.41. The molecule has 0 bridgehead atoms. The first-order chi connectivity index (χ1) is 12.7. The van der Waals surface area contributed by atoms with Gasteiger partial charge in [-0.25, -0.2) is 0 Å². The van der Waals surface area contributed by atoms with E-state index in [0.717, 1.165) is 42.6 Å². The first-order valence-corrected chi connectivity index (χ1v) is 10.0. The van der Waals surface area contributed by atoms with Crippen molar-refractivity contribution in [3.63, 3.8) is 0 Å².